The Kier molecular flexibility index (Phi) is 3.02. The standard InChI is InChI=1S/C18H24O4/c1-10-15-11(19)6-16(2,3)7-12(15)22-18(10)13(20)8-17(4,5)9-14(18)21/h10H,6-9H2,1-5H3. The second-order valence-electron chi connectivity index (χ2n) is 8.70. The van der Waals surface area contributed by atoms with E-state index in [1.807, 2.05) is 27.7 Å². The van der Waals surface area contributed by atoms with E-state index < -0.39 is 11.5 Å². The van der Waals surface area contributed by atoms with Crippen LogP contribution in [0.15, 0.2) is 11.3 Å². The first-order chi connectivity index (χ1) is 9.98. The number of hydrogen-bond acceptors (Lipinski definition) is 4. The molecule has 1 heterocycles. The van der Waals surface area contributed by atoms with Gasteiger partial charge in [-0.2, -0.15) is 0 Å². The summed E-state index contributed by atoms with van der Waals surface area (Å²) < 4.78 is 5.99. The largest absolute Gasteiger partial charge is 0.475 e. The quantitative estimate of drug-likeness (QED) is 0.645. The summed E-state index contributed by atoms with van der Waals surface area (Å²) in [6, 6.07) is 0. The molecule has 0 N–H and O–H groups in total. The van der Waals surface area contributed by atoms with Crippen molar-refractivity contribution in [2.75, 3.05) is 0 Å². The number of Topliss-reactive ketones (excluding diaryl/α,β-unsaturated/α-hetero) is 3. The van der Waals surface area contributed by atoms with Gasteiger partial charge in [-0.3, -0.25) is 14.4 Å². The van der Waals surface area contributed by atoms with Crippen LogP contribution < -0.4 is 0 Å². The number of hydrogen-bond donors (Lipinski definition) is 0. The van der Waals surface area contributed by atoms with Crippen molar-refractivity contribution >= 4 is 17.3 Å². The highest BCUT2D eigenvalue weighted by Gasteiger charge is 2.63. The lowest BCUT2D eigenvalue weighted by Gasteiger charge is -2.40. The van der Waals surface area contributed by atoms with Crippen LogP contribution >= 0.6 is 0 Å². The van der Waals surface area contributed by atoms with E-state index >= 15 is 0 Å². The van der Waals surface area contributed by atoms with E-state index in [1.54, 1.807) is 6.92 Å². The predicted octanol–water partition coefficient (Wildman–Crippen LogP) is 2.99. The third-order valence-corrected chi connectivity index (χ3v) is 5.31. The average molecular weight is 304 g/mol. The van der Waals surface area contributed by atoms with Gasteiger partial charge in [0, 0.05) is 37.2 Å². The highest BCUT2D eigenvalue weighted by Crippen LogP contribution is 2.53. The molecule has 0 saturated heterocycles. The van der Waals surface area contributed by atoms with Crippen molar-refractivity contribution in [1.29, 1.82) is 0 Å². The Morgan fingerprint density at radius 3 is 1.91 bits per heavy atom. The second kappa shape index (κ2) is 4.30. The molecule has 4 nitrogen and oxygen atoms in total. The summed E-state index contributed by atoms with van der Waals surface area (Å²) in [5, 5.41) is 0. The lowest BCUT2D eigenvalue weighted by molar-refractivity contribution is -0.162. The zero-order valence-electron chi connectivity index (χ0n) is 14.0. The second-order valence-corrected chi connectivity index (χ2v) is 8.70. The van der Waals surface area contributed by atoms with Crippen molar-refractivity contribution in [2.45, 2.75) is 65.9 Å². The average Bonchev–Trinajstić information content (AvgIpc) is 2.58. The fourth-order valence-corrected chi connectivity index (χ4v) is 4.28. The molecule has 1 unspecified atom stereocenters. The minimum Gasteiger partial charge on any atom is -0.475 e. The molecule has 1 saturated carbocycles. The van der Waals surface area contributed by atoms with E-state index in [2.05, 4.69) is 0 Å². The summed E-state index contributed by atoms with van der Waals surface area (Å²) in [6.07, 6.45) is 1.70. The van der Waals surface area contributed by atoms with Gasteiger partial charge < -0.3 is 4.74 Å². The van der Waals surface area contributed by atoms with Crippen LogP contribution in [0.2, 0.25) is 0 Å². The van der Waals surface area contributed by atoms with Crippen molar-refractivity contribution in [1.82, 2.24) is 0 Å². The van der Waals surface area contributed by atoms with E-state index in [9.17, 15) is 14.4 Å². The fraction of sp³-hybridized carbons (Fsp3) is 0.722. The molecule has 120 valence electrons. The SMILES string of the molecule is CC1C2=C(CC(C)(C)CC2=O)OC12C(=O)CC(C)(C)CC2=O. The first-order valence-electron chi connectivity index (χ1n) is 8.00. The van der Waals surface area contributed by atoms with E-state index in [1.165, 1.54) is 0 Å². The molecule has 1 atom stereocenters. The molecule has 1 aliphatic heterocycles. The van der Waals surface area contributed by atoms with Crippen molar-refractivity contribution in [3.05, 3.63) is 11.3 Å². The van der Waals surface area contributed by atoms with Gasteiger partial charge in [-0.1, -0.05) is 34.6 Å². The summed E-state index contributed by atoms with van der Waals surface area (Å²) in [5.74, 6) is -0.180. The van der Waals surface area contributed by atoms with Gasteiger partial charge in [0.1, 0.15) is 5.76 Å². The first kappa shape index (κ1) is 15.4. The lowest BCUT2D eigenvalue weighted by atomic mass is 9.63. The third kappa shape index (κ3) is 1.99. The molecule has 0 aromatic carbocycles. The molecule has 2 aliphatic carbocycles. The van der Waals surface area contributed by atoms with Gasteiger partial charge in [0.15, 0.2) is 17.3 Å². The Morgan fingerprint density at radius 2 is 1.36 bits per heavy atom. The fourth-order valence-electron chi connectivity index (χ4n) is 4.28. The van der Waals surface area contributed by atoms with Gasteiger partial charge in [0.05, 0.1) is 0 Å². The third-order valence-electron chi connectivity index (χ3n) is 5.31. The van der Waals surface area contributed by atoms with E-state index in [0.717, 1.165) is 0 Å². The van der Waals surface area contributed by atoms with Crippen LogP contribution in [-0.4, -0.2) is 23.0 Å². The first-order valence-corrected chi connectivity index (χ1v) is 8.00. The molecule has 3 rings (SSSR count). The molecule has 3 aliphatic rings. The molecule has 4 heteroatoms. The molecule has 0 bridgehead atoms. The van der Waals surface area contributed by atoms with Crippen LogP contribution in [0.3, 0.4) is 0 Å². The van der Waals surface area contributed by atoms with E-state index in [4.69, 9.17) is 4.74 Å². The normalized spacial score (nSPS) is 32.2. The van der Waals surface area contributed by atoms with Gasteiger partial charge in [-0.25, -0.2) is 0 Å². The van der Waals surface area contributed by atoms with Crippen LogP contribution in [0.5, 0.6) is 0 Å². The van der Waals surface area contributed by atoms with Crippen molar-refractivity contribution < 1.29 is 19.1 Å². The van der Waals surface area contributed by atoms with Crippen molar-refractivity contribution in [2.24, 2.45) is 16.7 Å². The minimum absolute atomic E-state index is 0.0288. The summed E-state index contributed by atoms with van der Waals surface area (Å²) in [4.78, 5) is 38.1. The summed E-state index contributed by atoms with van der Waals surface area (Å²) in [5.41, 5.74) is -1.35. The molecular formula is C18H24O4. The zero-order valence-corrected chi connectivity index (χ0v) is 14.0. The lowest BCUT2D eigenvalue weighted by Crippen LogP contribution is -2.57. The van der Waals surface area contributed by atoms with Crippen molar-refractivity contribution in [3.8, 4) is 0 Å². The minimum atomic E-state index is -1.43. The van der Waals surface area contributed by atoms with Gasteiger partial charge in [-0.05, 0) is 10.8 Å². The molecular weight excluding hydrogens is 280 g/mol. The smallest absolute Gasteiger partial charge is 0.230 e. The Balaban J connectivity index is 2.02. The zero-order chi connectivity index (χ0) is 16.5. The number of rotatable bonds is 0. The highest BCUT2D eigenvalue weighted by atomic mass is 16.5. The highest BCUT2D eigenvalue weighted by molar-refractivity contribution is 6.16. The van der Waals surface area contributed by atoms with Crippen LogP contribution in [-0.2, 0) is 19.1 Å². The van der Waals surface area contributed by atoms with Gasteiger partial charge in [0.2, 0.25) is 5.60 Å². The van der Waals surface area contributed by atoms with Crippen LogP contribution in [0.25, 0.3) is 0 Å². The summed E-state index contributed by atoms with van der Waals surface area (Å²) in [7, 11) is 0. The maximum Gasteiger partial charge on any atom is 0.230 e. The van der Waals surface area contributed by atoms with Crippen LogP contribution in [0, 0.1) is 16.7 Å². The topological polar surface area (TPSA) is 60.4 Å². The van der Waals surface area contributed by atoms with E-state index in [0.29, 0.717) is 37.0 Å². The van der Waals surface area contributed by atoms with Gasteiger partial charge in [0.25, 0.3) is 0 Å². The van der Waals surface area contributed by atoms with Crippen molar-refractivity contribution in [3.63, 3.8) is 0 Å². The summed E-state index contributed by atoms with van der Waals surface area (Å²) in [6.45, 7) is 9.68. The number of ketones is 3. The maximum atomic E-state index is 12.8. The number of carbonyl (C=O) groups is 3. The Morgan fingerprint density at radius 1 is 0.864 bits per heavy atom. The molecule has 0 radical (unpaired) electrons. The predicted molar refractivity (Wildman–Crippen MR) is 81.1 cm³/mol. The molecule has 0 aromatic rings. The van der Waals surface area contributed by atoms with Gasteiger partial charge in [-0.15, -0.1) is 0 Å². The Labute approximate surface area is 131 Å². The number of carbonyl (C=O) groups excluding carboxylic acids is 3. The monoisotopic (exact) mass is 304 g/mol. The molecule has 22 heavy (non-hydrogen) atoms. The van der Waals surface area contributed by atoms with Crippen LogP contribution in [0.4, 0.5) is 0 Å². The Bertz CT molecular complexity index is 601. The number of allylic oxidation sites excluding steroid dienone is 1. The van der Waals surface area contributed by atoms with E-state index in [-0.39, 0.29) is 28.2 Å². The van der Waals surface area contributed by atoms with Gasteiger partial charge >= 0.3 is 0 Å². The number of ether oxygens (including phenoxy) is 1. The molecule has 1 fully saturated rings. The maximum absolute atomic E-state index is 12.8. The molecule has 0 aromatic heterocycles. The molecule has 0 amide bonds. The summed E-state index contributed by atoms with van der Waals surface area (Å²) >= 11 is 0. The van der Waals surface area contributed by atoms with Crippen LogP contribution in [0.1, 0.15) is 60.3 Å². The molecule has 1 spiro atoms. The Hall–Kier alpha value is -1.45.